The first-order valence-corrected chi connectivity index (χ1v) is 4.30. The molecule has 0 aromatic carbocycles. The van der Waals surface area contributed by atoms with E-state index in [9.17, 15) is 0 Å². The van der Waals surface area contributed by atoms with Gasteiger partial charge in [-0.2, -0.15) is 0 Å². The third-order valence-electron chi connectivity index (χ3n) is 2.13. The molecule has 1 aliphatic rings. The topological polar surface area (TPSA) is 15.3 Å². The highest BCUT2D eigenvalue weighted by Crippen LogP contribution is 2.06. The molecule has 0 spiro atoms. The molecule has 0 amide bonds. The Hall–Kier alpha value is -0.0800. The number of hydrogen-bond acceptors (Lipinski definition) is 2. The molecule has 1 fully saturated rings. The van der Waals surface area contributed by atoms with Crippen LogP contribution in [0.15, 0.2) is 0 Å². The highest BCUT2D eigenvalue weighted by atomic mass is 15.1. The van der Waals surface area contributed by atoms with Crippen LogP contribution in [0.3, 0.4) is 0 Å². The molecule has 1 saturated heterocycles. The van der Waals surface area contributed by atoms with Gasteiger partial charge >= 0.3 is 0 Å². The van der Waals surface area contributed by atoms with E-state index in [1.807, 2.05) is 7.05 Å². The van der Waals surface area contributed by atoms with Gasteiger partial charge in [0.05, 0.1) is 0 Å². The highest BCUT2D eigenvalue weighted by molar-refractivity contribution is 4.64. The molecule has 1 rings (SSSR count). The van der Waals surface area contributed by atoms with Crippen LogP contribution in [-0.4, -0.2) is 38.1 Å². The monoisotopic (exact) mass is 160 g/mol. The average molecular weight is 160 g/mol. The van der Waals surface area contributed by atoms with E-state index in [1.54, 1.807) is 0 Å². The zero-order valence-electron chi connectivity index (χ0n) is 6.90. The summed E-state index contributed by atoms with van der Waals surface area (Å²) in [6, 6.07) is 0. The zero-order chi connectivity index (χ0) is 7.23. The van der Waals surface area contributed by atoms with Crippen molar-refractivity contribution in [2.45, 2.75) is 26.7 Å². The van der Waals surface area contributed by atoms with Crippen LogP contribution >= 0.6 is 0 Å². The Morgan fingerprint density at radius 1 is 1.27 bits per heavy atom. The van der Waals surface area contributed by atoms with Gasteiger partial charge in [0, 0.05) is 14.5 Å². The van der Waals surface area contributed by atoms with E-state index in [4.69, 9.17) is 0 Å². The first kappa shape index (κ1) is 10.9. The number of nitrogens with zero attached hydrogens (tertiary/aromatic N) is 1. The normalized spacial score (nSPS) is 19.4. The summed E-state index contributed by atoms with van der Waals surface area (Å²) in [5, 5.41) is 3.17. The lowest BCUT2D eigenvalue weighted by Crippen LogP contribution is -2.34. The van der Waals surface area contributed by atoms with E-state index >= 15 is 0 Å². The van der Waals surface area contributed by atoms with Crippen molar-refractivity contribution < 1.29 is 1.43 Å². The Labute approximate surface area is 72.5 Å². The standard InChI is InChI=1S/C8H18N2.CH4.H2/c1-9-5-8-10-6-3-2-4-7-10;;/h9H,2-8H2,1H3;1H4;1H. The number of likely N-dealkylation sites (N-methyl/N-ethyl adjacent to an activating group) is 1. The van der Waals surface area contributed by atoms with Gasteiger partial charge in [-0.05, 0) is 33.0 Å². The Bertz CT molecular complexity index is 82.6. The molecule has 0 aromatic rings. The summed E-state index contributed by atoms with van der Waals surface area (Å²) < 4.78 is 0. The summed E-state index contributed by atoms with van der Waals surface area (Å²) in [4.78, 5) is 2.54. The molecule has 0 radical (unpaired) electrons. The largest absolute Gasteiger partial charge is 0.318 e. The minimum atomic E-state index is 0. The number of nitrogens with one attached hydrogen (secondary N) is 1. The Kier molecular flexibility index (Phi) is 6.57. The molecule has 0 aliphatic carbocycles. The van der Waals surface area contributed by atoms with Gasteiger partial charge in [-0.15, -0.1) is 0 Å². The fraction of sp³-hybridized carbons (Fsp3) is 1.00. The molecular weight excluding hydrogens is 136 g/mol. The molecule has 0 atom stereocenters. The minimum Gasteiger partial charge on any atom is -0.318 e. The average Bonchev–Trinajstić information content (AvgIpc) is 2.03. The van der Waals surface area contributed by atoms with Gasteiger partial charge in [-0.25, -0.2) is 0 Å². The van der Waals surface area contributed by atoms with Crippen LogP contribution in [0.2, 0.25) is 0 Å². The molecule has 0 saturated carbocycles. The van der Waals surface area contributed by atoms with Gasteiger partial charge in [0.15, 0.2) is 0 Å². The van der Waals surface area contributed by atoms with Crippen LogP contribution in [0.1, 0.15) is 28.1 Å². The van der Waals surface area contributed by atoms with Crippen molar-refractivity contribution in [1.82, 2.24) is 10.2 Å². The summed E-state index contributed by atoms with van der Waals surface area (Å²) >= 11 is 0. The molecule has 0 unspecified atom stereocenters. The maximum atomic E-state index is 3.17. The van der Waals surface area contributed by atoms with Gasteiger partial charge in [-0.3, -0.25) is 0 Å². The summed E-state index contributed by atoms with van der Waals surface area (Å²) in [6.07, 6.45) is 4.25. The number of rotatable bonds is 3. The fourth-order valence-electron chi connectivity index (χ4n) is 1.45. The van der Waals surface area contributed by atoms with Crippen molar-refractivity contribution in [2.75, 3.05) is 33.2 Å². The summed E-state index contributed by atoms with van der Waals surface area (Å²) in [5.74, 6) is 0. The zero-order valence-corrected chi connectivity index (χ0v) is 6.90. The molecule has 11 heavy (non-hydrogen) atoms. The third kappa shape index (κ3) is 4.38. The lowest BCUT2D eigenvalue weighted by Gasteiger charge is -2.25. The van der Waals surface area contributed by atoms with E-state index < -0.39 is 0 Å². The van der Waals surface area contributed by atoms with Crippen molar-refractivity contribution in [1.29, 1.82) is 0 Å². The Morgan fingerprint density at radius 2 is 1.91 bits per heavy atom. The molecule has 2 heteroatoms. The molecular formula is C9H24N2. The molecule has 1 N–H and O–H groups in total. The number of likely N-dealkylation sites (tertiary alicyclic amines) is 1. The van der Waals surface area contributed by atoms with Gasteiger partial charge in [-0.1, -0.05) is 13.8 Å². The molecule has 2 nitrogen and oxygen atoms in total. The summed E-state index contributed by atoms with van der Waals surface area (Å²) in [7, 11) is 2.02. The summed E-state index contributed by atoms with van der Waals surface area (Å²) in [5.41, 5.74) is 0. The minimum absolute atomic E-state index is 0. The fourth-order valence-corrected chi connectivity index (χ4v) is 1.45. The molecule has 1 aliphatic heterocycles. The molecule has 0 bridgehead atoms. The van der Waals surface area contributed by atoms with E-state index in [1.165, 1.54) is 38.9 Å². The smallest absolute Gasteiger partial charge is 0.0107 e. The van der Waals surface area contributed by atoms with Gasteiger partial charge in [0.1, 0.15) is 0 Å². The van der Waals surface area contributed by atoms with E-state index in [-0.39, 0.29) is 8.85 Å². The Balaban J connectivity index is 0. The lowest BCUT2D eigenvalue weighted by molar-refractivity contribution is 0.231. The van der Waals surface area contributed by atoms with Crippen molar-refractivity contribution in [3.05, 3.63) is 0 Å². The SMILES string of the molecule is C.CNCCN1CCCCC1.[HH]. The van der Waals surface area contributed by atoms with Crippen LogP contribution in [0.4, 0.5) is 0 Å². The molecule has 70 valence electrons. The maximum Gasteiger partial charge on any atom is 0.0107 e. The first-order chi connectivity index (χ1) is 4.93. The van der Waals surface area contributed by atoms with Gasteiger partial charge in [0.2, 0.25) is 0 Å². The van der Waals surface area contributed by atoms with Crippen molar-refractivity contribution in [2.24, 2.45) is 0 Å². The maximum absolute atomic E-state index is 3.17. The lowest BCUT2D eigenvalue weighted by atomic mass is 10.1. The van der Waals surface area contributed by atoms with E-state index in [2.05, 4.69) is 10.2 Å². The highest BCUT2D eigenvalue weighted by Gasteiger charge is 2.07. The number of piperidine rings is 1. The Morgan fingerprint density at radius 3 is 2.45 bits per heavy atom. The second kappa shape index (κ2) is 6.62. The van der Waals surface area contributed by atoms with Crippen LogP contribution in [0.25, 0.3) is 0 Å². The van der Waals surface area contributed by atoms with Crippen molar-refractivity contribution in [3.63, 3.8) is 0 Å². The van der Waals surface area contributed by atoms with Gasteiger partial charge < -0.3 is 10.2 Å². The molecule has 1 heterocycles. The predicted octanol–water partition coefficient (Wildman–Crippen LogP) is 1.57. The summed E-state index contributed by atoms with van der Waals surface area (Å²) in [6.45, 7) is 5.01. The first-order valence-electron chi connectivity index (χ1n) is 4.30. The quantitative estimate of drug-likeness (QED) is 0.674. The van der Waals surface area contributed by atoms with Crippen molar-refractivity contribution >= 4 is 0 Å². The third-order valence-corrected chi connectivity index (χ3v) is 2.13. The van der Waals surface area contributed by atoms with Crippen LogP contribution in [0.5, 0.6) is 0 Å². The van der Waals surface area contributed by atoms with Crippen LogP contribution < -0.4 is 5.32 Å². The van der Waals surface area contributed by atoms with E-state index in [0.717, 1.165) is 6.54 Å². The van der Waals surface area contributed by atoms with Crippen molar-refractivity contribution in [3.8, 4) is 0 Å². The molecule has 0 aromatic heterocycles. The van der Waals surface area contributed by atoms with E-state index in [0.29, 0.717) is 0 Å². The van der Waals surface area contributed by atoms with Crippen LogP contribution in [-0.2, 0) is 0 Å². The van der Waals surface area contributed by atoms with Gasteiger partial charge in [0.25, 0.3) is 0 Å². The predicted molar refractivity (Wildman–Crippen MR) is 53.1 cm³/mol. The second-order valence-corrected chi connectivity index (χ2v) is 3.01. The number of hydrogen-bond donors (Lipinski definition) is 1. The second-order valence-electron chi connectivity index (χ2n) is 3.01. The van der Waals surface area contributed by atoms with Crippen LogP contribution in [0, 0.1) is 0 Å².